The Kier molecular flexibility index (Phi) is 6.41. The van der Waals surface area contributed by atoms with Crippen LogP contribution in [0.4, 0.5) is 0 Å². The fourth-order valence-electron chi connectivity index (χ4n) is 5.18. The van der Waals surface area contributed by atoms with Crippen LogP contribution >= 0.6 is 11.3 Å². The molecule has 3 atom stereocenters. The van der Waals surface area contributed by atoms with Gasteiger partial charge in [-0.3, -0.25) is 4.79 Å². The zero-order chi connectivity index (χ0) is 26.2. The lowest BCUT2D eigenvalue weighted by molar-refractivity contribution is -0.149. The predicted octanol–water partition coefficient (Wildman–Crippen LogP) is 5.26. The van der Waals surface area contributed by atoms with Crippen LogP contribution < -0.4 is 0 Å². The topological polar surface area (TPSA) is 109 Å². The highest BCUT2D eigenvalue weighted by Gasteiger charge is 2.61. The Morgan fingerprint density at radius 2 is 1.84 bits per heavy atom. The second-order valence-electron chi connectivity index (χ2n) is 10.4. The van der Waals surface area contributed by atoms with E-state index in [2.05, 4.69) is 35.9 Å². The number of hydrogen-bond acceptors (Lipinski definition) is 7. The Labute approximate surface area is 219 Å². The molecule has 1 amide bonds. The lowest BCUT2D eigenvalue weighted by atomic mass is 9.84. The molecule has 1 saturated heterocycles. The summed E-state index contributed by atoms with van der Waals surface area (Å²) in [6.45, 7) is 6.31. The van der Waals surface area contributed by atoms with E-state index < -0.39 is 23.5 Å². The second kappa shape index (κ2) is 9.55. The van der Waals surface area contributed by atoms with Gasteiger partial charge in [0, 0.05) is 23.6 Å². The molecule has 9 heteroatoms. The third kappa shape index (κ3) is 4.55. The lowest BCUT2D eigenvalue weighted by Crippen LogP contribution is -2.55. The average molecular weight is 517 g/mol. The number of thiazole rings is 1. The number of rotatable bonds is 6. The van der Waals surface area contributed by atoms with Crippen LogP contribution in [0.15, 0.2) is 77.0 Å². The van der Waals surface area contributed by atoms with E-state index >= 15 is 0 Å². The maximum absolute atomic E-state index is 14.3. The Morgan fingerprint density at radius 1 is 1.11 bits per heavy atom. The normalized spacial score (nSPS) is 21.8. The molecule has 0 spiro atoms. The molecular weight excluding hydrogens is 488 g/mol. The third-order valence-electron chi connectivity index (χ3n) is 7.03. The number of carbonyl (C=O) groups is 2. The molecule has 2 aromatic carbocycles. The van der Waals surface area contributed by atoms with E-state index in [1.54, 1.807) is 18.3 Å². The summed E-state index contributed by atoms with van der Waals surface area (Å²) >= 11 is 1.37. The van der Waals surface area contributed by atoms with Gasteiger partial charge in [0.2, 0.25) is 5.89 Å². The minimum atomic E-state index is -1.56. The summed E-state index contributed by atoms with van der Waals surface area (Å²) in [5.74, 6) is -1.70. The van der Waals surface area contributed by atoms with Gasteiger partial charge >= 0.3 is 5.97 Å². The molecule has 1 fully saturated rings. The standard InChI is InChI=1S/C28H28N4O4S/c1-27(2,3)20-11-9-19(10-12-20)25(33)32-22(24-29-13-14-37-24)21(23-30-17-31-36-23)16-28(32,26(34)35)15-18-7-5-4-6-8-18/h4-14,17,21-22H,15-16H2,1-3H3,(H,34,35)/t21-,22+,28-/m0/s1. The Morgan fingerprint density at radius 3 is 2.41 bits per heavy atom. The summed E-state index contributed by atoms with van der Waals surface area (Å²) in [6, 6.07) is 16.1. The number of benzene rings is 2. The molecule has 0 aliphatic carbocycles. The van der Waals surface area contributed by atoms with E-state index in [-0.39, 0.29) is 30.1 Å². The minimum absolute atomic E-state index is 0.0835. The quantitative estimate of drug-likeness (QED) is 0.372. The molecule has 1 aliphatic rings. The van der Waals surface area contributed by atoms with E-state index in [0.29, 0.717) is 10.6 Å². The van der Waals surface area contributed by atoms with Gasteiger partial charge in [-0.05, 0) is 35.1 Å². The average Bonchev–Trinajstić information content (AvgIpc) is 3.64. The van der Waals surface area contributed by atoms with Gasteiger partial charge in [-0.1, -0.05) is 68.4 Å². The van der Waals surface area contributed by atoms with Crippen molar-refractivity contribution in [3.63, 3.8) is 0 Å². The molecule has 0 saturated carbocycles. The third-order valence-corrected chi connectivity index (χ3v) is 7.88. The van der Waals surface area contributed by atoms with Gasteiger partial charge in [-0.25, -0.2) is 9.78 Å². The number of amides is 1. The first-order chi connectivity index (χ1) is 17.7. The van der Waals surface area contributed by atoms with Crippen LogP contribution in [0.2, 0.25) is 0 Å². The molecule has 190 valence electrons. The van der Waals surface area contributed by atoms with Crippen molar-refractivity contribution in [2.75, 3.05) is 0 Å². The van der Waals surface area contributed by atoms with Gasteiger partial charge < -0.3 is 14.5 Å². The summed E-state index contributed by atoms with van der Waals surface area (Å²) in [5.41, 5.74) is 0.671. The van der Waals surface area contributed by atoms with Gasteiger partial charge in [-0.2, -0.15) is 4.98 Å². The monoisotopic (exact) mass is 516 g/mol. The smallest absolute Gasteiger partial charge is 0.330 e. The first-order valence-corrected chi connectivity index (χ1v) is 13.0. The van der Waals surface area contributed by atoms with Crippen molar-refractivity contribution in [2.24, 2.45) is 0 Å². The maximum atomic E-state index is 14.3. The Balaban J connectivity index is 1.68. The van der Waals surface area contributed by atoms with Crippen molar-refractivity contribution in [2.45, 2.75) is 56.5 Å². The summed E-state index contributed by atoms with van der Waals surface area (Å²) in [7, 11) is 0. The number of aromatic nitrogens is 3. The highest BCUT2D eigenvalue weighted by molar-refractivity contribution is 7.09. The number of likely N-dealkylation sites (tertiary alicyclic amines) is 1. The molecule has 4 aromatic rings. The van der Waals surface area contributed by atoms with Crippen LogP contribution in [-0.2, 0) is 16.6 Å². The fourth-order valence-corrected chi connectivity index (χ4v) is 5.97. The van der Waals surface area contributed by atoms with Gasteiger partial charge in [0.05, 0.1) is 12.0 Å². The Bertz CT molecular complexity index is 1370. The van der Waals surface area contributed by atoms with Gasteiger partial charge in [0.25, 0.3) is 5.91 Å². The van der Waals surface area contributed by atoms with Crippen molar-refractivity contribution in [3.8, 4) is 0 Å². The van der Waals surface area contributed by atoms with Crippen LogP contribution in [0.5, 0.6) is 0 Å². The molecule has 2 aromatic heterocycles. The molecule has 5 rings (SSSR count). The summed E-state index contributed by atoms with van der Waals surface area (Å²) < 4.78 is 5.44. The van der Waals surface area contributed by atoms with Crippen molar-refractivity contribution in [1.82, 2.24) is 20.0 Å². The number of carboxylic acids is 1. The molecule has 0 radical (unpaired) electrons. The van der Waals surface area contributed by atoms with E-state index in [1.165, 1.54) is 22.6 Å². The lowest BCUT2D eigenvalue weighted by Gasteiger charge is -2.38. The number of aliphatic carboxylic acids is 1. The molecule has 1 N–H and O–H groups in total. The van der Waals surface area contributed by atoms with E-state index in [9.17, 15) is 14.7 Å². The number of carbonyl (C=O) groups excluding carboxylic acids is 1. The molecule has 3 heterocycles. The summed E-state index contributed by atoms with van der Waals surface area (Å²) in [4.78, 5) is 37.8. The largest absolute Gasteiger partial charge is 0.479 e. The van der Waals surface area contributed by atoms with Crippen molar-refractivity contribution < 1.29 is 19.2 Å². The van der Waals surface area contributed by atoms with Crippen molar-refractivity contribution in [3.05, 3.63) is 100 Å². The van der Waals surface area contributed by atoms with Gasteiger partial charge in [0.15, 0.2) is 6.33 Å². The first kappa shape index (κ1) is 24.8. The van der Waals surface area contributed by atoms with Crippen molar-refractivity contribution in [1.29, 1.82) is 0 Å². The number of hydrogen-bond donors (Lipinski definition) is 1. The van der Waals surface area contributed by atoms with E-state index in [0.717, 1.165) is 11.1 Å². The highest BCUT2D eigenvalue weighted by Crippen LogP contribution is 2.53. The van der Waals surface area contributed by atoms with E-state index in [4.69, 9.17) is 4.52 Å². The zero-order valence-corrected chi connectivity index (χ0v) is 21.7. The summed E-state index contributed by atoms with van der Waals surface area (Å²) in [6.07, 6.45) is 3.18. The van der Waals surface area contributed by atoms with Crippen LogP contribution in [-0.4, -0.2) is 42.5 Å². The molecule has 0 bridgehead atoms. The maximum Gasteiger partial charge on any atom is 0.330 e. The highest BCUT2D eigenvalue weighted by atomic mass is 32.1. The van der Waals surface area contributed by atoms with Crippen molar-refractivity contribution >= 4 is 23.2 Å². The molecule has 1 aliphatic heterocycles. The fraction of sp³-hybridized carbons (Fsp3) is 0.321. The Hall–Kier alpha value is -3.85. The van der Waals surface area contributed by atoms with Gasteiger partial charge in [0.1, 0.15) is 10.5 Å². The van der Waals surface area contributed by atoms with Crippen LogP contribution in [0.3, 0.4) is 0 Å². The van der Waals surface area contributed by atoms with E-state index in [1.807, 2.05) is 47.8 Å². The molecular formula is C28H28N4O4S. The molecule has 8 nitrogen and oxygen atoms in total. The minimum Gasteiger partial charge on any atom is -0.479 e. The first-order valence-electron chi connectivity index (χ1n) is 12.1. The zero-order valence-electron chi connectivity index (χ0n) is 20.9. The van der Waals surface area contributed by atoms with Crippen LogP contribution in [0.1, 0.15) is 71.5 Å². The predicted molar refractivity (Wildman–Crippen MR) is 138 cm³/mol. The van der Waals surface area contributed by atoms with Gasteiger partial charge in [-0.15, -0.1) is 11.3 Å². The number of nitrogens with zero attached hydrogens (tertiary/aromatic N) is 4. The summed E-state index contributed by atoms with van der Waals surface area (Å²) in [5, 5.41) is 17.0. The molecule has 37 heavy (non-hydrogen) atoms. The number of carboxylic acid groups (broad SMARTS) is 1. The molecule has 0 unspecified atom stereocenters. The van der Waals surface area contributed by atoms with Crippen LogP contribution in [0, 0.1) is 0 Å². The second-order valence-corrected chi connectivity index (χ2v) is 11.3. The van der Waals surface area contributed by atoms with Crippen LogP contribution in [0.25, 0.3) is 0 Å². The SMILES string of the molecule is CC(C)(C)c1ccc(C(=O)N2[C@@H](c3nccs3)[C@@H](c3ncno3)C[C@@]2(Cc2ccccc2)C(=O)O)cc1.